The second-order valence-corrected chi connectivity index (χ2v) is 7.58. The van der Waals surface area contributed by atoms with Gasteiger partial charge in [0.1, 0.15) is 5.39 Å². The second-order valence-electron chi connectivity index (χ2n) is 6.50. The average molecular weight is 372 g/mol. The minimum Gasteiger partial charge on any atom is -0.302 e. The molecule has 0 aromatic carbocycles. The summed E-state index contributed by atoms with van der Waals surface area (Å²) < 4.78 is 3.00. The van der Waals surface area contributed by atoms with Crippen molar-refractivity contribution in [3.8, 4) is 0 Å². The van der Waals surface area contributed by atoms with E-state index in [1.165, 1.54) is 34.8 Å². The molecule has 26 heavy (non-hydrogen) atoms. The van der Waals surface area contributed by atoms with Crippen LogP contribution in [0.25, 0.3) is 11.0 Å². The number of hydrogen-bond acceptors (Lipinski definition) is 6. The van der Waals surface area contributed by atoms with Crippen LogP contribution in [0.4, 0.5) is 5.13 Å². The number of nitrogens with one attached hydrogen (secondary N) is 1. The molecule has 9 heteroatoms. The molecule has 0 saturated heterocycles. The van der Waals surface area contributed by atoms with Gasteiger partial charge in [-0.3, -0.25) is 18.8 Å². The number of fused-ring (bicyclic) bond motifs is 2. The minimum atomic E-state index is -0.183. The van der Waals surface area contributed by atoms with Gasteiger partial charge in [-0.1, -0.05) is 6.42 Å². The number of aromatic nitrogens is 5. The van der Waals surface area contributed by atoms with Crippen LogP contribution >= 0.6 is 11.3 Å². The molecule has 3 heterocycles. The van der Waals surface area contributed by atoms with Crippen LogP contribution in [-0.4, -0.2) is 30.2 Å². The number of amides is 1. The van der Waals surface area contributed by atoms with Crippen molar-refractivity contribution in [2.45, 2.75) is 45.1 Å². The zero-order valence-electron chi connectivity index (χ0n) is 14.6. The van der Waals surface area contributed by atoms with Crippen LogP contribution in [0.3, 0.4) is 0 Å². The Morgan fingerprint density at radius 3 is 3.04 bits per heavy atom. The Hall–Kier alpha value is -2.55. The van der Waals surface area contributed by atoms with Crippen LogP contribution in [0.15, 0.2) is 17.3 Å². The van der Waals surface area contributed by atoms with Gasteiger partial charge in [0.25, 0.3) is 5.56 Å². The maximum atomic E-state index is 12.4. The van der Waals surface area contributed by atoms with E-state index in [4.69, 9.17) is 0 Å². The maximum absolute atomic E-state index is 12.4. The molecule has 0 bridgehead atoms. The monoisotopic (exact) mass is 372 g/mol. The van der Waals surface area contributed by atoms with E-state index >= 15 is 0 Å². The summed E-state index contributed by atoms with van der Waals surface area (Å²) in [5.74, 6) is -0.146. The Morgan fingerprint density at radius 1 is 1.31 bits per heavy atom. The number of carbonyl (C=O) groups excluding carboxylic acids is 1. The summed E-state index contributed by atoms with van der Waals surface area (Å²) in [6.45, 7) is 0.271. The number of anilines is 1. The third kappa shape index (κ3) is 3.26. The quantitative estimate of drug-likeness (QED) is 0.706. The van der Waals surface area contributed by atoms with Gasteiger partial charge < -0.3 is 5.32 Å². The molecule has 0 saturated carbocycles. The number of thiazole rings is 1. The molecule has 0 spiro atoms. The molecule has 1 amide bonds. The fourth-order valence-electron chi connectivity index (χ4n) is 3.21. The van der Waals surface area contributed by atoms with Gasteiger partial charge in [0.15, 0.2) is 10.8 Å². The molecule has 0 atom stereocenters. The van der Waals surface area contributed by atoms with E-state index < -0.39 is 0 Å². The van der Waals surface area contributed by atoms with Crippen molar-refractivity contribution in [1.29, 1.82) is 0 Å². The summed E-state index contributed by atoms with van der Waals surface area (Å²) >= 11 is 1.57. The summed E-state index contributed by atoms with van der Waals surface area (Å²) in [5, 5.41) is 8.03. The van der Waals surface area contributed by atoms with Crippen LogP contribution in [0.1, 0.15) is 36.3 Å². The van der Waals surface area contributed by atoms with E-state index in [9.17, 15) is 9.59 Å². The molecular formula is C17H20N6O2S. The van der Waals surface area contributed by atoms with Gasteiger partial charge in [-0.15, -0.1) is 11.3 Å². The van der Waals surface area contributed by atoms with Gasteiger partial charge >= 0.3 is 0 Å². The van der Waals surface area contributed by atoms with Gasteiger partial charge in [-0.25, -0.2) is 9.97 Å². The Labute approximate surface area is 153 Å². The number of aryl methyl sites for hydroxylation is 4. The lowest BCUT2D eigenvalue weighted by atomic mass is 10.2. The predicted octanol–water partition coefficient (Wildman–Crippen LogP) is 1.88. The van der Waals surface area contributed by atoms with E-state index in [1.807, 2.05) is 0 Å². The number of carbonyl (C=O) groups is 1. The van der Waals surface area contributed by atoms with Gasteiger partial charge in [-0.05, 0) is 25.7 Å². The fraction of sp³-hybridized carbons (Fsp3) is 0.471. The Balaban J connectivity index is 1.41. The summed E-state index contributed by atoms with van der Waals surface area (Å²) in [7, 11) is 1.74. The topological polar surface area (TPSA) is 94.7 Å². The van der Waals surface area contributed by atoms with Crippen molar-refractivity contribution in [3.05, 3.63) is 33.4 Å². The first kappa shape index (κ1) is 16.9. The normalized spacial score (nSPS) is 14.2. The summed E-state index contributed by atoms with van der Waals surface area (Å²) in [4.78, 5) is 34.7. The van der Waals surface area contributed by atoms with E-state index in [1.54, 1.807) is 23.1 Å². The molecular weight excluding hydrogens is 352 g/mol. The Bertz CT molecular complexity index is 995. The summed E-state index contributed by atoms with van der Waals surface area (Å²) in [6.07, 6.45) is 8.80. The molecule has 4 rings (SSSR count). The molecule has 1 N–H and O–H groups in total. The third-order valence-corrected chi connectivity index (χ3v) is 5.71. The van der Waals surface area contributed by atoms with Crippen LogP contribution in [-0.2, 0) is 31.2 Å². The zero-order chi connectivity index (χ0) is 18.1. The van der Waals surface area contributed by atoms with Crippen LogP contribution in [0.5, 0.6) is 0 Å². The molecule has 3 aromatic rings. The first-order chi connectivity index (χ1) is 12.6. The molecule has 3 aromatic heterocycles. The Morgan fingerprint density at radius 2 is 2.15 bits per heavy atom. The molecule has 0 aliphatic heterocycles. The van der Waals surface area contributed by atoms with Crippen molar-refractivity contribution in [2.24, 2.45) is 7.05 Å². The van der Waals surface area contributed by atoms with Gasteiger partial charge in [0.2, 0.25) is 5.91 Å². The number of hydrogen-bond donors (Lipinski definition) is 1. The van der Waals surface area contributed by atoms with Crippen molar-refractivity contribution in [3.63, 3.8) is 0 Å². The predicted molar refractivity (Wildman–Crippen MR) is 99.4 cm³/mol. The average Bonchev–Trinajstić information content (AvgIpc) is 3.11. The lowest BCUT2D eigenvalue weighted by Gasteiger charge is -2.05. The Kier molecular flexibility index (Phi) is 4.54. The highest BCUT2D eigenvalue weighted by Gasteiger charge is 2.16. The van der Waals surface area contributed by atoms with Crippen molar-refractivity contribution < 1.29 is 4.79 Å². The highest BCUT2D eigenvalue weighted by molar-refractivity contribution is 7.15. The molecule has 1 aliphatic carbocycles. The molecule has 8 nitrogen and oxygen atoms in total. The number of rotatable bonds is 4. The van der Waals surface area contributed by atoms with Crippen LogP contribution in [0, 0.1) is 0 Å². The largest absolute Gasteiger partial charge is 0.302 e. The molecule has 0 unspecified atom stereocenters. The lowest BCUT2D eigenvalue weighted by molar-refractivity contribution is -0.116. The molecule has 0 radical (unpaired) electrons. The second kappa shape index (κ2) is 6.99. The smallest absolute Gasteiger partial charge is 0.264 e. The van der Waals surface area contributed by atoms with E-state index in [2.05, 4.69) is 20.4 Å². The molecule has 1 aliphatic rings. The summed E-state index contributed by atoms with van der Waals surface area (Å²) in [6, 6.07) is 0. The lowest BCUT2D eigenvalue weighted by Crippen LogP contribution is -2.23. The van der Waals surface area contributed by atoms with E-state index in [-0.39, 0.29) is 24.4 Å². The van der Waals surface area contributed by atoms with Crippen molar-refractivity contribution in [1.82, 2.24) is 24.3 Å². The SMILES string of the molecule is Cn1ncc2c(=O)n(CCC(=O)Nc3nc4c(s3)CCCCC4)cnc21. The van der Waals surface area contributed by atoms with Crippen molar-refractivity contribution >= 4 is 33.4 Å². The van der Waals surface area contributed by atoms with E-state index in [0.29, 0.717) is 16.2 Å². The maximum Gasteiger partial charge on any atom is 0.264 e. The van der Waals surface area contributed by atoms with Gasteiger partial charge in [-0.2, -0.15) is 5.10 Å². The summed E-state index contributed by atoms with van der Waals surface area (Å²) in [5.41, 5.74) is 1.49. The molecule has 136 valence electrons. The highest BCUT2D eigenvalue weighted by Crippen LogP contribution is 2.28. The van der Waals surface area contributed by atoms with E-state index in [0.717, 1.165) is 25.0 Å². The first-order valence-electron chi connectivity index (χ1n) is 8.77. The van der Waals surface area contributed by atoms with Gasteiger partial charge in [0.05, 0.1) is 18.2 Å². The third-order valence-electron chi connectivity index (χ3n) is 4.64. The minimum absolute atomic E-state index is 0.146. The van der Waals surface area contributed by atoms with Crippen LogP contribution in [0.2, 0.25) is 0 Å². The molecule has 0 fully saturated rings. The van der Waals surface area contributed by atoms with Crippen molar-refractivity contribution in [2.75, 3.05) is 5.32 Å². The zero-order valence-corrected chi connectivity index (χ0v) is 15.4. The highest BCUT2D eigenvalue weighted by atomic mass is 32.1. The van der Waals surface area contributed by atoms with Crippen LogP contribution < -0.4 is 10.9 Å². The standard InChI is InChI=1S/C17H20N6O2S/c1-22-15-11(9-19-22)16(25)23(10-18-15)8-7-14(24)21-17-20-12-5-3-2-4-6-13(12)26-17/h9-10H,2-8H2,1H3,(H,20,21,24). The first-order valence-corrected chi connectivity index (χ1v) is 9.59. The number of nitrogens with zero attached hydrogens (tertiary/aromatic N) is 5. The van der Waals surface area contributed by atoms with Gasteiger partial charge in [0, 0.05) is 24.9 Å². The fourth-order valence-corrected chi connectivity index (χ4v) is 4.28.